The number of nitrogens with zero attached hydrogens (tertiary/aromatic N) is 2. The van der Waals surface area contributed by atoms with Gasteiger partial charge in [-0.2, -0.15) is 4.37 Å². The van der Waals surface area contributed by atoms with Crippen LogP contribution in [0.2, 0.25) is 0 Å². The molecular weight excluding hydrogens is 260 g/mol. The summed E-state index contributed by atoms with van der Waals surface area (Å²) in [4.78, 5) is 18.5. The topological polar surface area (TPSA) is 97.8 Å². The zero-order valence-electron chi connectivity index (χ0n) is 8.34. The van der Waals surface area contributed by atoms with Crippen molar-refractivity contribution in [1.82, 2.24) is 14.3 Å². The molecule has 0 saturated heterocycles. The van der Waals surface area contributed by atoms with E-state index in [1.54, 1.807) is 12.1 Å². The molecule has 0 unspecified atom stereocenters. The van der Waals surface area contributed by atoms with E-state index in [1.165, 1.54) is 29.6 Å². The first-order valence-electron chi connectivity index (χ1n) is 4.59. The highest BCUT2D eigenvalue weighted by atomic mass is 32.2. The lowest BCUT2D eigenvalue weighted by atomic mass is 10.3. The van der Waals surface area contributed by atoms with E-state index in [0.29, 0.717) is 16.8 Å². The Labute approximate surface area is 103 Å². The second-order valence-electron chi connectivity index (χ2n) is 3.21. The lowest BCUT2D eigenvalue weighted by molar-refractivity contribution is 0.555. The minimum Gasteiger partial charge on any atom is -0.408 e. The summed E-state index contributed by atoms with van der Waals surface area (Å²) in [6.45, 7) is 0. The normalized spacial score (nSPS) is 11.1. The average molecular weight is 266 g/mol. The summed E-state index contributed by atoms with van der Waals surface area (Å²) in [7, 11) is 0. The van der Waals surface area contributed by atoms with E-state index in [0.717, 1.165) is 9.24 Å². The van der Waals surface area contributed by atoms with Gasteiger partial charge in [-0.1, -0.05) is 11.8 Å². The summed E-state index contributed by atoms with van der Waals surface area (Å²) >= 11 is 2.69. The van der Waals surface area contributed by atoms with Crippen LogP contribution >= 0.6 is 23.3 Å². The predicted molar refractivity (Wildman–Crippen MR) is 65.3 cm³/mol. The summed E-state index contributed by atoms with van der Waals surface area (Å²) in [5.41, 5.74) is 7.49. The molecule has 2 aromatic heterocycles. The van der Waals surface area contributed by atoms with Crippen LogP contribution in [0.3, 0.4) is 0 Å². The van der Waals surface area contributed by atoms with E-state index in [4.69, 9.17) is 10.2 Å². The van der Waals surface area contributed by atoms with Crippen molar-refractivity contribution < 1.29 is 4.42 Å². The largest absolute Gasteiger partial charge is 0.417 e. The fraction of sp³-hybridized carbons (Fsp3) is 0. The second kappa shape index (κ2) is 3.90. The molecule has 3 aromatic rings. The number of fused-ring (bicyclic) bond motifs is 1. The summed E-state index contributed by atoms with van der Waals surface area (Å²) in [5.74, 6) is -0.488. The maximum Gasteiger partial charge on any atom is 0.417 e. The maximum absolute atomic E-state index is 11.0. The van der Waals surface area contributed by atoms with Gasteiger partial charge in [0.1, 0.15) is 6.33 Å². The summed E-state index contributed by atoms with van der Waals surface area (Å²) in [6.07, 6.45) is 1.49. The smallest absolute Gasteiger partial charge is 0.408 e. The van der Waals surface area contributed by atoms with Gasteiger partial charge >= 0.3 is 5.76 Å². The number of rotatable bonds is 2. The molecule has 0 aliphatic carbocycles. The van der Waals surface area contributed by atoms with Gasteiger partial charge in [0, 0.05) is 16.6 Å². The average Bonchev–Trinajstić information content (AvgIpc) is 2.87. The number of oxazole rings is 1. The lowest BCUT2D eigenvalue weighted by Crippen LogP contribution is -1.93. The number of aromatic amines is 1. The highest BCUT2D eigenvalue weighted by molar-refractivity contribution is 8.01. The molecule has 2 heterocycles. The highest BCUT2D eigenvalue weighted by Gasteiger charge is 2.09. The highest BCUT2D eigenvalue weighted by Crippen LogP contribution is 2.34. The molecular formula is C9H6N4O2S2. The Morgan fingerprint density at radius 2 is 2.35 bits per heavy atom. The molecule has 0 aliphatic heterocycles. The van der Waals surface area contributed by atoms with E-state index < -0.39 is 5.76 Å². The molecule has 1 aromatic carbocycles. The minimum atomic E-state index is -0.488. The molecule has 6 nitrogen and oxygen atoms in total. The quantitative estimate of drug-likeness (QED) is 0.685. The van der Waals surface area contributed by atoms with Crippen LogP contribution in [0.4, 0.5) is 5.69 Å². The van der Waals surface area contributed by atoms with Crippen molar-refractivity contribution in [2.45, 2.75) is 9.24 Å². The Morgan fingerprint density at radius 3 is 3.12 bits per heavy atom. The Balaban J connectivity index is 2.09. The predicted octanol–water partition coefficient (Wildman–Crippen LogP) is 1.71. The van der Waals surface area contributed by atoms with Gasteiger partial charge in [-0.3, -0.25) is 4.98 Å². The fourth-order valence-corrected chi connectivity index (χ4v) is 2.85. The fourth-order valence-electron chi connectivity index (χ4n) is 1.38. The molecule has 0 fully saturated rings. The molecule has 3 N–H and O–H groups in total. The number of H-pyrrole nitrogens is 1. The molecule has 0 saturated carbocycles. The number of nitrogens with one attached hydrogen (secondary N) is 1. The van der Waals surface area contributed by atoms with Gasteiger partial charge in [0.25, 0.3) is 0 Å². The summed E-state index contributed by atoms with van der Waals surface area (Å²) in [6, 6.07) is 3.39. The Morgan fingerprint density at radius 1 is 1.47 bits per heavy atom. The molecule has 0 aliphatic rings. The van der Waals surface area contributed by atoms with Gasteiger partial charge in [-0.15, -0.1) is 0 Å². The monoisotopic (exact) mass is 266 g/mol. The summed E-state index contributed by atoms with van der Waals surface area (Å²) < 4.78 is 9.61. The van der Waals surface area contributed by atoms with Gasteiger partial charge in [0.2, 0.25) is 0 Å². The third-order valence-corrected chi connectivity index (χ3v) is 3.88. The first-order chi connectivity index (χ1) is 8.22. The van der Waals surface area contributed by atoms with Crippen LogP contribution < -0.4 is 11.5 Å². The van der Waals surface area contributed by atoms with Crippen LogP contribution in [-0.2, 0) is 0 Å². The van der Waals surface area contributed by atoms with Crippen molar-refractivity contribution >= 4 is 40.1 Å². The van der Waals surface area contributed by atoms with E-state index in [2.05, 4.69) is 14.3 Å². The van der Waals surface area contributed by atoms with Crippen molar-refractivity contribution in [3.8, 4) is 0 Å². The van der Waals surface area contributed by atoms with Crippen LogP contribution in [0, 0.1) is 0 Å². The molecule has 0 spiro atoms. The third-order valence-electron chi connectivity index (χ3n) is 2.09. The number of hydrogen-bond donors (Lipinski definition) is 2. The number of benzene rings is 1. The Bertz CT molecular complexity index is 716. The molecule has 17 heavy (non-hydrogen) atoms. The van der Waals surface area contributed by atoms with Gasteiger partial charge in [0.15, 0.2) is 9.92 Å². The van der Waals surface area contributed by atoms with Crippen LogP contribution in [0.25, 0.3) is 11.1 Å². The molecule has 0 amide bonds. The number of nitrogen functional groups attached to an aromatic ring is 1. The Kier molecular flexibility index (Phi) is 2.37. The second-order valence-corrected chi connectivity index (χ2v) is 5.28. The van der Waals surface area contributed by atoms with Gasteiger partial charge in [0.05, 0.1) is 5.52 Å². The first kappa shape index (κ1) is 10.4. The van der Waals surface area contributed by atoms with Crippen molar-refractivity contribution in [3.63, 3.8) is 0 Å². The minimum absolute atomic E-state index is 0.453. The number of anilines is 1. The zero-order chi connectivity index (χ0) is 11.8. The van der Waals surface area contributed by atoms with E-state index in [9.17, 15) is 4.79 Å². The Hall–Kier alpha value is -1.80. The SMILES string of the molecule is Nc1cc2oc(=O)[nH]c2cc1Sc1ncns1. The molecule has 0 atom stereocenters. The van der Waals surface area contributed by atoms with E-state index in [1.807, 2.05) is 0 Å². The third kappa shape index (κ3) is 1.92. The van der Waals surface area contributed by atoms with Crippen LogP contribution in [0.1, 0.15) is 0 Å². The van der Waals surface area contributed by atoms with Crippen LogP contribution in [-0.4, -0.2) is 14.3 Å². The van der Waals surface area contributed by atoms with Crippen LogP contribution in [0.5, 0.6) is 0 Å². The van der Waals surface area contributed by atoms with E-state index >= 15 is 0 Å². The number of hydrogen-bond acceptors (Lipinski definition) is 7. The number of aromatic nitrogens is 3. The molecule has 0 radical (unpaired) electrons. The number of nitrogens with two attached hydrogens (primary N) is 1. The van der Waals surface area contributed by atoms with Crippen molar-refractivity contribution in [2.75, 3.05) is 5.73 Å². The van der Waals surface area contributed by atoms with Gasteiger partial charge < -0.3 is 10.2 Å². The molecule has 86 valence electrons. The zero-order valence-corrected chi connectivity index (χ0v) is 9.97. The van der Waals surface area contributed by atoms with E-state index in [-0.39, 0.29) is 0 Å². The van der Waals surface area contributed by atoms with Crippen molar-refractivity contribution in [2.24, 2.45) is 0 Å². The van der Waals surface area contributed by atoms with Crippen molar-refractivity contribution in [1.29, 1.82) is 0 Å². The van der Waals surface area contributed by atoms with Gasteiger partial charge in [-0.05, 0) is 17.6 Å². The van der Waals surface area contributed by atoms with Crippen LogP contribution in [0.15, 0.2) is 36.9 Å². The molecule has 3 rings (SSSR count). The first-order valence-corrected chi connectivity index (χ1v) is 6.18. The molecule has 0 bridgehead atoms. The standard InChI is InChI=1S/C9H6N4O2S2/c10-4-1-6-5(13-8(14)15-6)2-7(4)16-9-11-3-12-17-9/h1-3H,10H2,(H,13,14). The summed E-state index contributed by atoms with van der Waals surface area (Å²) in [5, 5.41) is 0. The lowest BCUT2D eigenvalue weighted by Gasteiger charge is -2.01. The molecule has 8 heteroatoms. The van der Waals surface area contributed by atoms with Gasteiger partial charge in [-0.25, -0.2) is 9.78 Å². The maximum atomic E-state index is 11.0. The van der Waals surface area contributed by atoms with Crippen molar-refractivity contribution in [3.05, 3.63) is 29.0 Å².